The minimum Gasteiger partial charge on any atom is -0.369 e. The van der Waals surface area contributed by atoms with Gasteiger partial charge in [0.25, 0.3) is 5.91 Å². The van der Waals surface area contributed by atoms with Crippen LogP contribution in [0.2, 0.25) is 5.02 Å². The van der Waals surface area contributed by atoms with Crippen molar-refractivity contribution in [2.75, 3.05) is 51.2 Å². The van der Waals surface area contributed by atoms with Gasteiger partial charge in [-0.1, -0.05) is 47.5 Å². The standard InChI is InChI=1S/C31H39ClN4O2S/c1-22-6-3-7-23(18-22)19-29-31(38)34(2)27-20-24(10-11-28(27)39-29)30(37)33-12-5-13-35-14-16-36(17-15-35)26-9-4-8-25(32)21-26/h3-4,6-9,18-19,21,24,27-28H,5,10-17,20H2,1-2H3,(H,33,37)/b29-19-. The number of carbonyl (C=O) groups excluding carboxylic acids is 2. The van der Waals surface area contributed by atoms with Crippen LogP contribution in [0.4, 0.5) is 5.69 Å². The highest BCUT2D eigenvalue weighted by molar-refractivity contribution is 8.04. The summed E-state index contributed by atoms with van der Waals surface area (Å²) in [5.74, 6) is 0.191. The minimum absolute atomic E-state index is 0.0226. The molecule has 8 heteroatoms. The van der Waals surface area contributed by atoms with Crippen molar-refractivity contribution >= 4 is 46.9 Å². The Labute approximate surface area is 241 Å². The summed E-state index contributed by atoms with van der Waals surface area (Å²) in [6.45, 7) is 7.77. The predicted molar refractivity (Wildman–Crippen MR) is 162 cm³/mol. The average molecular weight is 567 g/mol. The lowest BCUT2D eigenvalue weighted by Crippen LogP contribution is -2.52. The third-order valence-corrected chi connectivity index (χ3v) is 9.90. The third-order valence-electron chi connectivity index (χ3n) is 8.27. The summed E-state index contributed by atoms with van der Waals surface area (Å²) in [5, 5.41) is 4.31. The van der Waals surface area contributed by atoms with E-state index in [4.69, 9.17) is 11.6 Å². The third kappa shape index (κ3) is 7.00. The number of hydrogen-bond donors (Lipinski definition) is 1. The van der Waals surface area contributed by atoms with Gasteiger partial charge >= 0.3 is 0 Å². The molecule has 2 saturated heterocycles. The van der Waals surface area contributed by atoms with E-state index in [-0.39, 0.29) is 23.8 Å². The molecule has 1 saturated carbocycles. The van der Waals surface area contributed by atoms with Gasteiger partial charge in [-0.05, 0) is 69.0 Å². The molecule has 6 nitrogen and oxygen atoms in total. The molecular formula is C31H39ClN4O2S. The summed E-state index contributed by atoms with van der Waals surface area (Å²) in [4.78, 5) is 33.7. The van der Waals surface area contributed by atoms with Gasteiger partial charge in [-0.25, -0.2) is 0 Å². The summed E-state index contributed by atoms with van der Waals surface area (Å²) in [7, 11) is 1.90. The zero-order chi connectivity index (χ0) is 27.4. The van der Waals surface area contributed by atoms with Crippen LogP contribution in [0.1, 0.15) is 36.8 Å². The molecule has 2 amide bonds. The first kappa shape index (κ1) is 28.1. The number of nitrogens with zero attached hydrogens (tertiary/aromatic N) is 3. The molecule has 39 heavy (non-hydrogen) atoms. The number of halogens is 1. The molecule has 0 spiro atoms. The molecule has 208 valence electrons. The number of nitrogens with one attached hydrogen (secondary N) is 1. The number of benzene rings is 2. The second kappa shape index (κ2) is 12.8. The van der Waals surface area contributed by atoms with Crippen LogP contribution in [0.5, 0.6) is 0 Å². The Hall–Kier alpha value is -2.48. The zero-order valence-corrected chi connectivity index (χ0v) is 24.5. The molecule has 0 aromatic heterocycles. The van der Waals surface area contributed by atoms with E-state index in [0.717, 1.165) is 73.9 Å². The van der Waals surface area contributed by atoms with Crippen molar-refractivity contribution in [2.24, 2.45) is 5.92 Å². The Morgan fingerprint density at radius 1 is 1.10 bits per heavy atom. The Morgan fingerprint density at radius 3 is 2.67 bits per heavy atom. The van der Waals surface area contributed by atoms with Crippen molar-refractivity contribution in [3.05, 3.63) is 69.6 Å². The molecule has 1 N–H and O–H groups in total. The summed E-state index contributed by atoms with van der Waals surface area (Å²) in [6, 6.07) is 16.4. The topological polar surface area (TPSA) is 55.9 Å². The molecule has 0 bridgehead atoms. The first-order valence-electron chi connectivity index (χ1n) is 14.1. The van der Waals surface area contributed by atoms with Gasteiger partial charge in [-0.3, -0.25) is 14.5 Å². The maximum Gasteiger partial charge on any atom is 0.260 e. The lowest BCUT2D eigenvalue weighted by molar-refractivity contribution is -0.131. The fourth-order valence-electron chi connectivity index (χ4n) is 6.01. The molecule has 2 aliphatic heterocycles. The average Bonchev–Trinajstić information content (AvgIpc) is 2.94. The maximum atomic E-state index is 13.1. The molecule has 3 atom stereocenters. The molecule has 3 unspecified atom stereocenters. The molecule has 5 rings (SSSR count). The fourth-order valence-corrected chi connectivity index (χ4v) is 7.67. The van der Waals surface area contributed by atoms with E-state index in [1.54, 1.807) is 11.8 Å². The molecule has 1 aliphatic carbocycles. The van der Waals surface area contributed by atoms with Crippen LogP contribution in [0.3, 0.4) is 0 Å². The van der Waals surface area contributed by atoms with Gasteiger partial charge < -0.3 is 15.1 Å². The number of rotatable bonds is 7. The number of anilines is 1. The van der Waals surface area contributed by atoms with E-state index in [9.17, 15) is 9.59 Å². The lowest BCUT2D eigenvalue weighted by atomic mass is 9.83. The number of piperazine rings is 1. The van der Waals surface area contributed by atoms with Gasteiger partial charge in [0, 0.05) is 67.7 Å². The van der Waals surface area contributed by atoms with Crippen molar-refractivity contribution in [3.63, 3.8) is 0 Å². The Morgan fingerprint density at radius 2 is 1.90 bits per heavy atom. The van der Waals surface area contributed by atoms with Crippen molar-refractivity contribution in [3.8, 4) is 0 Å². The van der Waals surface area contributed by atoms with Gasteiger partial charge in [-0.2, -0.15) is 0 Å². The van der Waals surface area contributed by atoms with Crippen LogP contribution in [-0.4, -0.2) is 79.2 Å². The van der Waals surface area contributed by atoms with Gasteiger partial charge in [0.05, 0.1) is 4.91 Å². The summed E-state index contributed by atoms with van der Waals surface area (Å²) >= 11 is 7.85. The highest BCUT2D eigenvalue weighted by atomic mass is 35.5. The summed E-state index contributed by atoms with van der Waals surface area (Å²) in [5.41, 5.74) is 3.44. The van der Waals surface area contributed by atoms with E-state index < -0.39 is 0 Å². The van der Waals surface area contributed by atoms with Crippen LogP contribution in [0.15, 0.2) is 53.4 Å². The van der Waals surface area contributed by atoms with Gasteiger partial charge in [-0.15, -0.1) is 11.8 Å². The highest BCUT2D eigenvalue weighted by Gasteiger charge is 2.42. The lowest BCUT2D eigenvalue weighted by Gasteiger charge is -2.44. The number of carbonyl (C=O) groups is 2. The Kier molecular flexibility index (Phi) is 9.21. The Bertz CT molecular complexity index is 1210. The SMILES string of the molecule is Cc1cccc(/C=C2\SC3CCC(C(=O)NCCCN4CCN(c5cccc(Cl)c5)CC4)CC3N(C)C2=O)c1. The normalized spacial score (nSPS) is 25.1. The number of thioether (sulfide) groups is 1. The molecule has 2 aromatic rings. The van der Waals surface area contributed by atoms with Crippen LogP contribution in [0.25, 0.3) is 6.08 Å². The monoisotopic (exact) mass is 566 g/mol. The smallest absolute Gasteiger partial charge is 0.260 e. The summed E-state index contributed by atoms with van der Waals surface area (Å²) < 4.78 is 0. The van der Waals surface area contributed by atoms with Gasteiger partial charge in [0.15, 0.2) is 0 Å². The number of likely N-dealkylation sites (N-methyl/N-ethyl adjacent to an activating group) is 1. The first-order chi connectivity index (χ1) is 18.9. The number of amides is 2. The maximum absolute atomic E-state index is 13.1. The minimum atomic E-state index is -0.0226. The Balaban J connectivity index is 1.04. The quantitative estimate of drug-likeness (QED) is 0.375. The van der Waals surface area contributed by atoms with Crippen LogP contribution in [0, 0.1) is 12.8 Å². The first-order valence-corrected chi connectivity index (χ1v) is 15.4. The van der Waals surface area contributed by atoms with E-state index in [0.29, 0.717) is 11.8 Å². The van der Waals surface area contributed by atoms with Crippen molar-refractivity contribution in [1.82, 2.24) is 15.1 Å². The number of hydrogen-bond acceptors (Lipinski definition) is 5. The molecule has 3 aliphatic rings. The predicted octanol–water partition coefficient (Wildman–Crippen LogP) is 5.06. The van der Waals surface area contributed by atoms with Crippen molar-refractivity contribution < 1.29 is 9.59 Å². The van der Waals surface area contributed by atoms with Gasteiger partial charge in [0.1, 0.15) is 0 Å². The van der Waals surface area contributed by atoms with Gasteiger partial charge in [0.2, 0.25) is 5.91 Å². The molecule has 0 radical (unpaired) electrons. The summed E-state index contributed by atoms with van der Waals surface area (Å²) in [6.07, 6.45) is 5.54. The van der Waals surface area contributed by atoms with E-state index in [1.165, 1.54) is 11.3 Å². The zero-order valence-electron chi connectivity index (χ0n) is 22.9. The fraction of sp³-hybridized carbons (Fsp3) is 0.484. The van der Waals surface area contributed by atoms with Crippen LogP contribution < -0.4 is 10.2 Å². The largest absolute Gasteiger partial charge is 0.369 e. The van der Waals surface area contributed by atoms with E-state index >= 15 is 0 Å². The molecule has 2 heterocycles. The second-order valence-corrected chi connectivity index (χ2v) is 12.7. The molecule has 2 aromatic carbocycles. The van der Waals surface area contributed by atoms with Crippen molar-refractivity contribution in [1.29, 1.82) is 0 Å². The van der Waals surface area contributed by atoms with Crippen LogP contribution >= 0.6 is 23.4 Å². The number of aryl methyl sites for hydroxylation is 1. The van der Waals surface area contributed by atoms with Crippen LogP contribution in [-0.2, 0) is 9.59 Å². The van der Waals surface area contributed by atoms with Crippen molar-refractivity contribution in [2.45, 2.75) is 43.9 Å². The highest BCUT2D eigenvalue weighted by Crippen LogP contribution is 2.43. The number of fused-ring (bicyclic) bond motifs is 1. The van der Waals surface area contributed by atoms with E-state index in [2.05, 4.69) is 40.2 Å². The van der Waals surface area contributed by atoms with E-state index in [1.807, 2.05) is 48.4 Å². The molecular weight excluding hydrogens is 528 g/mol. The second-order valence-electron chi connectivity index (χ2n) is 11.0. The molecule has 3 fully saturated rings.